The third-order valence-electron chi connectivity index (χ3n) is 4.02. The molecule has 150 valence electrons. The number of halogens is 1. The van der Waals surface area contributed by atoms with E-state index in [-0.39, 0.29) is 29.4 Å². The number of hydrogen-bond acceptors (Lipinski definition) is 4. The lowest BCUT2D eigenvalue weighted by Crippen LogP contribution is -2.37. The number of aryl methyl sites for hydroxylation is 1. The molecule has 0 bridgehead atoms. The predicted octanol–water partition coefficient (Wildman–Crippen LogP) is 3.90. The van der Waals surface area contributed by atoms with Crippen molar-refractivity contribution in [2.24, 2.45) is 4.99 Å². The van der Waals surface area contributed by atoms with Crippen LogP contribution in [0.3, 0.4) is 0 Å². The van der Waals surface area contributed by atoms with Gasteiger partial charge in [0.15, 0.2) is 5.96 Å². The molecule has 0 aliphatic rings. The Morgan fingerprint density at radius 2 is 1.89 bits per heavy atom. The second kappa shape index (κ2) is 11.2. The molecule has 0 saturated heterocycles. The Labute approximate surface area is 179 Å². The maximum atomic E-state index is 5.78. The van der Waals surface area contributed by atoms with Gasteiger partial charge < -0.3 is 19.8 Å². The highest BCUT2D eigenvalue weighted by atomic mass is 127. The molecule has 1 heterocycles. The summed E-state index contributed by atoms with van der Waals surface area (Å²) in [4.78, 5) is 8.55. The molecule has 2 aromatic rings. The van der Waals surface area contributed by atoms with Gasteiger partial charge in [-0.25, -0.2) is 4.98 Å². The minimum atomic E-state index is -0.0351. The molecular formula is C20H31IN4O2. The number of nitrogens with one attached hydrogen (secondary N) is 2. The number of benzene rings is 1. The average Bonchev–Trinajstić information content (AvgIpc) is 3.11. The van der Waals surface area contributed by atoms with Gasteiger partial charge in [0.05, 0.1) is 19.9 Å². The van der Waals surface area contributed by atoms with Gasteiger partial charge >= 0.3 is 0 Å². The molecule has 1 aromatic carbocycles. The standard InChI is InChI=1S/C20H30N4O2.HI/c1-20(2,3)17-13-23-18(26-17)14-24-19(21-4)22-12-6-7-15-8-10-16(25-5)11-9-15;/h8-11,13H,6-7,12,14H2,1-5H3,(H2,21,22,24);1H. The van der Waals surface area contributed by atoms with Crippen LogP contribution in [0.25, 0.3) is 0 Å². The lowest BCUT2D eigenvalue weighted by atomic mass is 9.94. The van der Waals surface area contributed by atoms with Crippen LogP contribution < -0.4 is 15.4 Å². The highest BCUT2D eigenvalue weighted by Gasteiger charge is 2.19. The Bertz CT molecular complexity index is 706. The molecular weight excluding hydrogens is 455 g/mol. The van der Waals surface area contributed by atoms with Crippen LogP contribution in [0.15, 0.2) is 39.9 Å². The molecule has 0 amide bonds. The van der Waals surface area contributed by atoms with Crippen LogP contribution in [0, 0.1) is 0 Å². The van der Waals surface area contributed by atoms with E-state index in [9.17, 15) is 0 Å². The van der Waals surface area contributed by atoms with Crippen molar-refractivity contribution in [3.63, 3.8) is 0 Å². The molecule has 0 fully saturated rings. The quantitative estimate of drug-likeness (QED) is 0.269. The van der Waals surface area contributed by atoms with E-state index < -0.39 is 0 Å². The maximum Gasteiger partial charge on any atom is 0.213 e. The first kappa shape index (κ1) is 23.3. The van der Waals surface area contributed by atoms with E-state index in [1.807, 2.05) is 12.1 Å². The predicted molar refractivity (Wildman–Crippen MR) is 120 cm³/mol. The van der Waals surface area contributed by atoms with E-state index in [0.29, 0.717) is 12.4 Å². The number of nitrogens with zero attached hydrogens (tertiary/aromatic N) is 2. The lowest BCUT2D eigenvalue weighted by Gasteiger charge is -2.13. The molecule has 0 unspecified atom stereocenters. The zero-order chi connectivity index (χ0) is 19.0. The first-order valence-electron chi connectivity index (χ1n) is 8.95. The number of rotatable bonds is 7. The van der Waals surface area contributed by atoms with Gasteiger partial charge in [0.25, 0.3) is 0 Å². The fourth-order valence-electron chi connectivity index (χ4n) is 2.41. The molecule has 7 heteroatoms. The monoisotopic (exact) mass is 486 g/mol. The zero-order valence-corrected chi connectivity index (χ0v) is 19.2. The number of methoxy groups -OCH3 is 1. The smallest absolute Gasteiger partial charge is 0.213 e. The number of aromatic nitrogens is 1. The summed E-state index contributed by atoms with van der Waals surface area (Å²) >= 11 is 0. The highest BCUT2D eigenvalue weighted by Crippen LogP contribution is 2.22. The van der Waals surface area contributed by atoms with Gasteiger partial charge in [-0.1, -0.05) is 32.9 Å². The molecule has 0 aliphatic carbocycles. The van der Waals surface area contributed by atoms with Gasteiger partial charge in [-0.05, 0) is 30.5 Å². The summed E-state index contributed by atoms with van der Waals surface area (Å²) in [6, 6.07) is 8.18. The SMILES string of the molecule is CN=C(NCCCc1ccc(OC)cc1)NCc1ncc(C(C)(C)C)o1.I. The van der Waals surface area contributed by atoms with Gasteiger partial charge in [-0.3, -0.25) is 4.99 Å². The van der Waals surface area contributed by atoms with E-state index in [1.165, 1.54) is 5.56 Å². The molecule has 1 aromatic heterocycles. The fraction of sp³-hybridized carbons (Fsp3) is 0.500. The van der Waals surface area contributed by atoms with Crippen LogP contribution in [0.1, 0.15) is 44.4 Å². The minimum Gasteiger partial charge on any atom is -0.497 e. The largest absolute Gasteiger partial charge is 0.497 e. The van der Waals surface area contributed by atoms with E-state index in [4.69, 9.17) is 9.15 Å². The second-order valence-corrected chi connectivity index (χ2v) is 7.17. The summed E-state index contributed by atoms with van der Waals surface area (Å²) in [5, 5.41) is 6.54. The topological polar surface area (TPSA) is 71.7 Å². The van der Waals surface area contributed by atoms with Crippen molar-refractivity contribution in [3.05, 3.63) is 47.7 Å². The van der Waals surface area contributed by atoms with Crippen molar-refractivity contribution in [3.8, 4) is 5.75 Å². The summed E-state index contributed by atoms with van der Waals surface area (Å²) < 4.78 is 11.0. The van der Waals surface area contributed by atoms with Crippen molar-refractivity contribution in [2.45, 2.75) is 45.6 Å². The van der Waals surface area contributed by atoms with E-state index in [0.717, 1.165) is 36.9 Å². The van der Waals surface area contributed by atoms with Gasteiger partial charge in [-0.15, -0.1) is 24.0 Å². The second-order valence-electron chi connectivity index (χ2n) is 7.17. The van der Waals surface area contributed by atoms with E-state index in [2.05, 4.69) is 53.5 Å². The number of guanidine groups is 1. The summed E-state index contributed by atoms with van der Waals surface area (Å²) in [6.07, 6.45) is 3.81. The van der Waals surface area contributed by atoms with E-state index >= 15 is 0 Å². The highest BCUT2D eigenvalue weighted by molar-refractivity contribution is 14.0. The van der Waals surface area contributed by atoms with Crippen LogP contribution in [-0.4, -0.2) is 31.6 Å². The number of oxazole rings is 1. The molecule has 0 saturated carbocycles. The Morgan fingerprint density at radius 1 is 1.19 bits per heavy atom. The third-order valence-corrected chi connectivity index (χ3v) is 4.02. The van der Waals surface area contributed by atoms with Crippen molar-refractivity contribution in [1.82, 2.24) is 15.6 Å². The van der Waals surface area contributed by atoms with E-state index in [1.54, 1.807) is 20.4 Å². The number of aliphatic imine (C=N–C) groups is 1. The molecule has 2 rings (SSSR count). The number of hydrogen-bond donors (Lipinski definition) is 2. The summed E-state index contributed by atoms with van der Waals surface area (Å²) in [5.41, 5.74) is 1.26. The molecule has 0 atom stereocenters. The lowest BCUT2D eigenvalue weighted by molar-refractivity contribution is 0.379. The van der Waals surface area contributed by atoms with Crippen molar-refractivity contribution in [2.75, 3.05) is 20.7 Å². The van der Waals surface area contributed by atoms with Crippen molar-refractivity contribution < 1.29 is 9.15 Å². The Kier molecular flexibility index (Phi) is 9.62. The fourth-order valence-corrected chi connectivity index (χ4v) is 2.41. The Hall–Kier alpha value is -1.77. The Morgan fingerprint density at radius 3 is 2.44 bits per heavy atom. The molecule has 2 N–H and O–H groups in total. The van der Waals surface area contributed by atoms with Gasteiger partial charge in [0.1, 0.15) is 11.5 Å². The Balaban J connectivity index is 0.00000364. The van der Waals surface area contributed by atoms with Crippen LogP contribution in [0.4, 0.5) is 0 Å². The van der Waals surface area contributed by atoms with Gasteiger partial charge in [0, 0.05) is 19.0 Å². The maximum absolute atomic E-state index is 5.78. The number of ether oxygens (including phenoxy) is 1. The molecule has 27 heavy (non-hydrogen) atoms. The third kappa shape index (κ3) is 7.78. The van der Waals surface area contributed by atoms with Gasteiger partial charge in [-0.2, -0.15) is 0 Å². The van der Waals surface area contributed by atoms with Crippen LogP contribution in [0.2, 0.25) is 0 Å². The van der Waals surface area contributed by atoms with Crippen LogP contribution in [0.5, 0.6) is 5.75 Å². The average molecular weight is 486 g/mol. The summed E-state index contributed by atoms with van der Waals surface area (Å²) in [5.74, 6) is 3.18. The normalized spacial score (nSPS) is 11.7. The summed E-state index contributed by atoms with van der Waals surface area (Å²) in [6.45, 7) is 7.66. The minimum absolute atomic E-state index is 0. The van der Waals surface area contributed by atoms with Gasteiger partial charge in [0.2, 0.25) is 5.89 Å². The molecule has 0 spiro atoms. The first-order chi connectivity index (χ1) is 12.4. The van der Waals surface area contributed by atoms with Crippen molar-refractivity contribution in [1.29, 1.82) is 0 Å². The van der Waals surface area contributed by atoms with Crippen LogP contribution >= 0.6 is 24.0 Å². The van der Waals surface area contributed by atoms with Crippen LogP contribution in [-0.2, 0) is 18.4 Å². The molecule has 6 nitrogen and oxygen atoms in total. The molecule has 0 radical (unpaired) electrons. The van der Waals surface area contributed by atoms with Crippen molar-refractivity contribution >= 4 is 29.9 Å². The first-order valence-corrected chi connectivity index (χ1v) is 8.95. The zero-order valence-electron chi connectivity index (χ0n) is 16.8. The summed E-state index contributed by atoms with van der Waals surface area (Å²) in [7, 11) is 3.44. The molecule has 0 aliphatic heterocycles.